The number of nitriles is 1. The summed E-state index contributed by atoms with van der Waals surface area (Å²) in [6, 6.07) is 7.97. The highest BCUT2D eigenvalue weighted by Gasteiger charge is 2.45. The molecule has 1 aromatic rings. The summed E-state index contributed by atoms with van der Waals surface area (Å²) in [5.74, 6) is 0.704. The average Bonchev–Trinajstić information content (AvgIpc) is 3.33. The van der Waals surface area contributed by atoms with Gasteiger partial charge in [-0.1, -0.05) is 6.07 Å². The lowest BCUT2D eigenvalue weighted by molar-refractivity contribution is -0.114. The van der Waals surface area contributed by atoms with Crippen molar-refractivity contribution in [2.24, 2.45) is 5.41 Å². The number of piperidine rings is 1. The van der Waals surface area contributed by atoms with Crippen molar-refractivity contribution in [3.05, 3.63) is 34.9 Å². The summed E-state index contributed by atoms with van der Waals surface area (Å²) < 4.78 is 5.35. The molecule has 1 saturated carbocycles. The maximum atomic E-state index is 12.4. The van der Waals surface area contributed by atoms with E-state index in [1.54, 1.807) is 7.11 Å². The molecule has 0 aromatic heterocycles. The normalized spacial score (nSPS) is 21.9. The Kier molecular flexibility index (Phi) is 3.19. The fourth-order valence-electron chi connectivity index (χ4n) is 3.91. The summed E-state index contributed by atoms with van der Waals surface area (Å²) in [5.41, 5.74) is 3.70. The predicted octanol–water partition coefficient (Wildman–Crippen LogP) is 2.93. The van der Waals surface area contributed by atoms with Gasteiger partial charge in [0.25, 0.3) is 0 Å². The number of hydrogen-bond acceptors (Lipinski definition) is 4. The van der Waals surface area contributed by atoms with Crippen LogP contribution in [0.1, 0.15) is 36.8 Å². The monoisotopic (exact) mass is 308 g/mol. The molecule has 0 unspecified atom stereocenters. The highest BCUT2D eigenvalue weighted by atomic mass is 16.5. The first-order valence-corrected chi connectivity index (χ1v) is 8.26. The second-order valence-corrected chi connectivity index (χ2v) is 6.95. The average molecular weight is 308 g/mol. The van der Waals surface area contributed by atoms with Gasteiger partial charge in [0, 0.05) is 25.1 Å². The number of ketones is 1. The lowest BCUT2D eigenvalue weighted by atomic mass is 9.86. The first-order valence-electron chi connectivity index (χ1n) is 8.26. The summed E-state index contributed by atoms with van der Waals surface area (Å²) in [6.07, 6.45) is 5.33. The molecule has 1 spiro atoms. The number of methoxy groups -OCH3 is 1. The van der Waals surface area contributed by atoms with Gasteiger partial charge >= 0.3 is 0 Å². The van der Waals surface area contributed by atoms with Crippen LogP contribution in [0, 0.1) is 16.7 Å². The van der Waals surface area contributed by atoms with Gasteiger partial charge in [-0.25, -0.2) is 0 Å². The largest absolute Gasteiger partial charge is 0.497 e. The van der Waals surface area contributed by atoms with Gasteiger partial charge in [-0.2, -0.15) is 5.26 Å². The Bertz CT molecular complexity index is 743. The van der Waals surface area contributed by atoms with E-state index in [-0.39, 0.29) is 5.78 Å². The maximum absolute atomic E-state index is 12.4. The molecule has 1 heterocycles. The van der Waals surface area contributed by atoms with Gasteiger partial charge in [0.15, 0.2) is 5.78 Å². The van der Waals surface area contributed by atoms with E-state index in [0.29, 0.717) is 17.4 Å². The minimum atomic E-state index is -0.0631. The van der Waals surface area contributed by atoms with E-state index < -0.39 is 0 Å². The molecule has 4 rings (SSSR count). The van der Waals surface area contributed by atoms with Crippen molar-refractivity contribution in [1.29, 1.82) is 5.26 Å². The first kappa shape index (κ1) is 14.3. The molecule has 0 atom stereocenters. The summed E-state index contributed by atoms with van der Waals surface area (Å²) in [5, 5.41) is 9.54. The van der Waals surface area contributed by atoms with Crippen LogP contribution < -0.4 is 4.74 Å². The van der Waals surface area contributed by atoms with E-state index in [2.05, 4.69) is 11.0 Å². The number of rotatable bonds is 2. The molecule has 1 aromatic carbocycles. The fourth-order valence-corrected chi connectivity index (χ4v) is 3.91. The number of carbonyl (C=O) groups excluding carboxylic acids is 1. The summed E-state index contributed by atoms with van der Waals surface area (Å²) >= 11 is 0. The highest BCUT2D eigenvalue weighted by molar-refractivity contribution is 6.10. The van der Waals surface area contributed by atoms with Crippen molar-refractivity contribution < 1.29 is 9.53 Å². The summed E-state index contributed by atoms with van der Waals surface area (Å²) in [7, 11) is 1.64. The molecule has 0 amide bonds. The number of Topliss-reactive ketones (excluding diaryl/α,β-unsaturated/α-hetero) is 1. The van der Waals surface area contributed by atoms with Gasteiger partial charge in [-0.05, 0) is 48.8 Å². The number of carbonyl (C=O) groups is 1. The molecular weight excluding hydrogens is 288 g/mol. The summed E-state index contributed by atoms with van der Waals surface area (Å²) in [6.45, 7) is 1.87. The Labute approximate surface area is 136 Å². The van der Waals surface area contributed by atoms with Crippen LogP contribution in [0.3, 0.4) is 0 Å². The molecular formula is C19H20N2O2. The predicted molar refractivity (Wildman–Crippen MR) is 86.7 cm³/mol. The van der Waals surface area contributed by atoms with Gasteiger partial charge < -0.3 is 9.64 Å². The van der Waals surface area contributed by atoms with Gasteiger partial charge in [0.2, 0.25) is 0 Å². The van der Waals surface area contributed by atoms with E-state index in [4.69, 9.17) is 4.74 Å². The molecule has 23 heavy (non-hydrogen) atoms. The first-order chi connectivity index (χ1) is 11.2. The second-order valence-electron chi connectivity index (χ2n) is 6.95. The number of hydrogen-bond donors (Lipinski definition) is 0. The zero-order valence-electron chi connectivity index (χ0n) is 13.4. The number of nitrogens with zero attached hydrogens (tertiary/aromatic N) is 2. The Balaban J connectivity index is 1.77. The molecule has 4 heteroatoms. The van der Waals surface area contributed by atoms with Gasteiger partial charge in [-0.3, -0.25) is 4.79 Å². The van der Waals surface area contributed by atoms with Crippen LogP contribution in [-0.2, 0) is 11.2 Å². The third-order valence-corrected chi connectivity index (χ3v) is 5.65. The molecule has 2 aliphatic carbocycles. The zero-order valence-corrected chi connectivity index (χ0v) is 13.4. The SMILES string of the molecule is COc1ccc2c(c1)C(N1CCC3(CC1)CC3)=C(C#N)C(=O)C2. The van der Waals surface area contributed by atoms with Crippen LogP contribution >= 0.6 is 0 Å². The lowest BCUT2D eigenvalue weighted by Crippen LogP contribution is -2.36. The molecule has 1 saturated heterocycles. The van der Waals surface area contributed by atoms with Crippen LogP contribution in [0.25, 0.3) is 5.70 Å². The van der Waals surface area contributed by atoms with Crippen LogP contribution in [0.4, 0.5) is 0 Å². The molecule has 0 N–H and O–H groups in total. The van der Waals surface area contributed by atoms with Gasteiger partial charge in [0.1, 0.15) is 17.4 Å². The minimum Gasteiger partial charge on any atom is -0.497 e. The number of likely N-dealkylation sites (tertiary alicyclic amines) is 1. The zero-order chi connectivity index (χ0) is 16.0. The van der Waals surface area contributed by atoms with Crippen molar-refractivity contribution in [3.8, 4) is 11.8 Å². The smallest absolute Gasteiger partial charge is 0.179 e. The molecule has 1 aliphatic heterocycles. The van der Waals surface area contributed by atoms with E-state index >= 15 is 0 Å². The van der Waals surface area contributed by atoms with Crippen molar-refractivity contribution in [2.45, 2.75) is 32.1 Å². The summed E-state index contributed by atoms with van der Waals surface area (Å²) in [4.78, 5) is 14.6. The van der Waals surface area contributed by atoms with E-state index in [9.17, 15) is 10.1 Å². The molecule has 0 radical (unpaired) electrons. The van der Waals surface area contributed by atoms with Crippen molar-refractivity contribution in [3.63, 3.8) is 0 Å². The van der Waals surface area contributed by atoms with Gasteiger partial charge in [0.05, 0.1) is 12.8 Å². The topological polar surface area (TPSA) is 53.3 Å². The van der Waals surface area contributed by atoms with Crippen LogP contribution in [0.15, 0.2) is 23.8 Å². The van der Waals surface area contributed by atoms with E-state index in [1.807, 2.05) is 18.2 Å². The Morgan fingerprint density at radius 2 is 1.96 bits per heavy atom. The Morgan fingerprint density at radius 3 is 2.57 bits per heavy atom. The Hall–Kier alpha value is -2.28. The number of ether oxygens (including phenoxy) is 1. The third-order valence-electron chi connectivity index (χ3n) is 5.65. The van der Waals surface area contributed by atoms with Crippen molar-refractivity contribution >= 4 is 11.5 Å². The Morgan fingerprint density at radius 1 is 1.22 bits per heavy atom. The number of benzene rings is 1. The number of fused-ring (bicyclic) bond motifs is 1. The van der Waals surface area contributed by atoms with Crippen LogP contribution in [0.2, 0.25) is 0 Å². The highest BCUT2D eigenvalue weighted by Crippen LogP contribution is 2.54. The van der Waals surface area contributed by atoms with Crippen molar-refractivity contribution in [2.75, 3.05) is 20.2 Å². The maximum Gasteiger partial charge on any atom is 0.179 e. The van der Waals surface area contributed by atoms with Crippen molar-refractivity contribution in [1.82, 2.24) is 4.90 Å². The standard InChI is InChI=1S/C19H20N2O2/c1-23-14-3-2-13-10-17(22)16(12-20)18(15(13)11-14)21-8-6-19(4-5-19)7-9-21/h2-3,11H,4-10H2,1H3. The molecule has 0 bridgehead atoms. The molecule has 118 valence electrons. The fraction of sp³-hybridized carbons (Fsp3) is 0.474. The quantitative estimate of drug-likeness (QED) is 0.843. The molecule has 2 fully saturated rings. The minimum absolute atomic E-state index is 0.0631. The molecule has 4 nitrogen and oxygen atoms in total. The molecule has 3 aliphatic rings. The van der Waals surface area contributed by atoms with Gasteiger partial charge in [-0.15, -0.1) is 0 Å². The van der Waals surface area contributed by atoms with Crippen LogP contribution in [0.5, 0.6) is 5.75 Å². The van der Waals surface area contributed by atoms with E-state index in [1.165, 1.54) is 25.7 Å². The third kappa shape index (κ3) is 2.31. The number of allylic oxidation sites excluding steroid dienone is 1. The van der Waals surface area contributed by atoms with Crippen LogP contribution in [-0.4, -0.2) is 30.9 Å². The van der Waals surface area contributed by atoms with E-state index in [0.717, 1.165) is 35.7 Å². The lowest BCUT2D eigenvalue weighted by Gasteiger charge is -2.37. The second kappa shape index (κ2) is 5.13.